The number of nitrogens with zero attached hydrogens (tertiary/aromatic N) is 1. The van der Waals surface area contributed by atoms with Crippen molar-refractivity contribution in [3.63, 3.8) is 0 Å². The smallest absolute Gasteiger partial charge is 0.275 e. The third kappa shape index (κ3) is 3.42. The average molecular weight is 274 g/mol. The first kappa shape index (κ1) is 13.3. The summed E-state index contributed by atoms with van der Waals surface area (Å²) in [5.74, 6) is 0.256. The molecule has 0 radical (unpaired) electrons. The highest BCUT2D eigenvalue weighted by molar-refractivity contribution is 7.08. The van der Waals surface area contributed by atoms with Crippen molar-refractivity contribution >= 4 is 23.5 Å². The lowest BCUT2D eigenvalue weighted by atomic mass is 10.1. The van der Waals surface area contributed by atoms with E-state index in [4.69, 9.17) is 4.74 Å². The Balaban J connectivity index is 2.08. The summed E-state index contributed by atoms with van der Waals surface area (Å²) in [5.41, 5.74) is 4.95. The van der Waals surface area contributed by atoms with Crippen LogP contribution < -0.4 is 10.2 Å². The minimum Gasteiger partial charge on any atom is -0.496 e. The summed E-state index contributed by atoms with van der Waals surface area (Å²) in [4.78, 5) is 12.0. The fraction of sp³-hybridized carbons (Fsp3) is 0.143. The van der Waals surface area contributed by atoms with Crippen molar-refractivity contribution in [2.75, 3.05) is 7.11 Å². The molecular weight excluding hydrogens is 260 g/mol. The lowest BCUT2D eigenvalue weighted by Crippen LogP contribution is -2.18. The molecule has 0 aliphatic carbocycles. The Kier molecular flexibility index (Phi) is 4.30. The maximum absolute atomic E-state index is 12.0. The van der Waals surface area contributed by atoms with Gasteiger partial charge in [0.25, 0.3) is 5.91 Å². The Morgan fingerprint density at radius 2 is 2.26 bits per heavy atom. The van der Waals surface area contributed by atoms with Gasteiger partial charge in [-0.3, -0.25) is 4.79 Å². The molecule has 0 unspecified atom stereocenters. The number of aryl methyl sites for hydroxylation is 1. The van der Waals surface area contributed by atoms with Crippen LogP contribution >= 0.6 is 11.3 Å². The summed E-state index contributed by atoms with van der Waals surface area (Å²) in [7, 11) is 1.54. The zero-order chi connectivity index (χ0) is 13.7. The van der Waals surface area contributed by atoms with E-state index in [1.165, 1.54) is 0 Å². The molecule has 1 aromatic carbocycles. The third-order valence-electron chi connectivity index (χ3n) is 2.52. The fourth-order valence-corrected chi connectivity index (χ4v) is 2.17. The molecule has 1 N–H and O–H groups in total. The minimum absolute atomic E-state index is 0.289. The number of ether oxygens (including phenoxy) is 1. The van der Waals surface area contributed by atoms with Gasteiger partial charge in [0.2, 0.25) is 0 Å². The number of hydrazone groups is 1. The van der Waals surface area contributed by atoms with E-state index >= 15 is 0 Å². The molecule has 0 atom stereocenters. The molecule has 0 fully saturated rings. The molecule has 1 amide bonds. The molecule has 1 heterocycles. The first-order valence-corrected chi connectivity index (χ1v) is 6.65. The van der Waals surface area contributed by atoms with Gasteiger partial charge in [0.15, 0.2) is 0 Å². The Morgan fingerprint density at radius 1 is 1.42 bits per heavy atom. The molecule has 4 nitrogen and oxygen atoms in total. The van der Waals surface area contributed by atoms with Gasteiger partial charge >= 0.3 is 0 Å². The number of nitrogens with one attached hydrogen (secondary N) is 1. The van der Waals surface area contributed by atoms with Crippen molar-refractivity contribution in [2.45, 2.75) is 6.92 Å². The number of amides is 1. The predicted octanol–water partition coefficient (Wildman–Crippen LogP) is 2.83. The number of benzene rings is 1. The number of hydrogen-bond acceptors (Lipinski definition) is 4. The van der Waals surface area contributed by atoms with Gasteiger partial charge in [-0.15, -0.1) is 0 Å². The molecule has 0 aliphatic rings. The van der Waals surface area contributed by atoms with Gasteiger partial charge in [-0.25, -0.2) is 5.43 Å². The van der Waals surface area contributed by atoms with Gasteiger partial charge in [0.05, 0.1) is 18.9 Å². The highest BCUT2D eigenvalue weighted by Crippen LogP contribution is 2.19. The van der Waals surface area contributed by atoms with Gasteiger partial charge < -0.3 is 4.74 Å². The van der Waals surface area contributed by atoms with E-state index in [1.807, 2.05) is 35.9 Å². The van der Waals surface area contributed by atoms with Crippen LogP contribution in [0, 0.1) is 6.92 Å². The number of methoxy groups -OCH3 is 1. The van der Waals surface area contributed by atoms with E-state index in [0.29, 0.717) is 11.3 Å². The van der Waals surface area contributed by atoms with E-state index in [9.17, 15) is 4.79 Å². The molecule has 19 heavy (non-hydrogen) atoms. The maximum atomic E-state index is 12.0. The van der Waals surface area contributed by atoms with Gasteiger partial charge in [0, 0.05) is 5.56 Å². The Hall–Kier alpha value is -2.14. The van der Waals surface area contributed by atoms with Crippen molar-refractivity contribution < 1.29 is 9.53 Å². The van der Waals surface area contributed by atoms with Crippen LogP contribution in [-0.2, 0) is 0 Å². The number of hydrogen-bond donors (Lipinski definition) is 1. The molecule has 98 valence electrons. The van der Waals surface area contributed by atoms with E-state index in [0.717, 1.165) is 11.1 Å². The SMILES string of the molecule is COc1cc(C)ccc1C(=O)N/N=C\c1ccsc1. The molecule has 0 spiro atoms. The number of carbonyl (C=O) groups excluding carboxylic acids is 1. The monoisotopic (exact) mass is 274 g/mol. The summed E-state index contributed by atoms with van der Waals surface area (Å²) < 4.78 is 5.19. The molecule has 0 saturated heterocycles. The highest BCUT2D eigenvalue weighted by atomic mass is 32.1. The van der Waals surface area contributed by atoms with E-state index < -0.39 is 0 Å². The molecule has 0 bridgehead atoms. The van der Waals surface area contributed by atoms with Crippen LogP contribution in [0.5, 0.6) is 5.75 Å². The molecule has 5 heteroatoms. The Bertz CT molecular complexity index is 591. The standard InChI is InChI=1S/C14H14N2O2S/c1-10-3-4-12(13(7-10)18-2)14(17)16-15-8-11-5-6-19-9-11/h3-9H,1-2H3,(H,16,17)/b15-8-. The van der Waals surface area contributed by atoms with Crippen LogP contribution in [0.15, 0.2) is 40.1 Å². The average Bonchev–Trinajstić information content (AvgIpc) is 2.91. The van der Waals surface area contributed by atoms with Crippen molar-refractivity contribution in [3.8, 4) is 5.75 Å². The van der Waals surface area contributed by atoms with Crippen LogP contribution in [0.3, 0.4) is 0 Å². The molecule has 0 aliphatic heterocycles. The second-order valence-corrected chi connectivity index (χ2v) is 4.74. The zero-order valence-corrected chi connectivity index (χ0v) is 11.5. The van der Waals surface area contributed by atoms with Crippen molar-refractivity contribution in [1.82, 2.24) is 5.43 Å². The van der Waals surface area contributed by atoms with E-state index in [-0.39, 0.29) is 5.91 Å². The van der Waals surface area contributed by atoms with Crippen molar-refractivity contribution in [2.24, 2.45) is 5.10 Å². The topological polar surface area (TPSA) is 50.7 Å². The van der Waals surface area contributed by atoms with Crippen molar-refractivity contribution in [3.05, 3.63) is 51.7 Å². The second kappa shape index (κ2) is 6.15. The summed E-state index contributed by atoms with van der Waals surface area (Å²) in [6.07, 6.45) is 1.61. The van der Waals surface area contributed by atoms with Crippen LogP contribution in [0.1, 0.15) is 21.5 Å². The zero-order valence-electron chi connectivity index (χ0n) is 10.7. The van der Waals surface area contributed by atoms with Gasteiger partial charge in [-0.05, 0) is 41.4 Å². The lowest BCUT2D eigenvalue weighted by Gasteiger charge is -2.07. The molecular formula is C14H14N2O2S. The normalized spacial score (nSPS) is 10.6. The van der Waals surface area contributed by atoms with E-state index in [2.05, 4.69) is 10.5 Å². The summed E-state index contributed by atoms with van der Waals surface area (Å²) in [6, 6.07) is 7.33. The van der Waals surface area contributed by atoms with Crippen LogP contribution in [0.4, 0.5) is 0 Å². The van der Waals surface area contributed by atoms with E-state index in [1.54, 1.807) is 30.7 Å². The maximum Gasteiger partial charge on any atom is 0.275 e. The van der Waals surface area contributed by atoms with Crippen LogP contribution in [0.2, 0.25) is 0 Å². The van der Waals surface area contributed by atoms with Gasteiger partial charge in [-0.2, -0.15) is 16.4 Å². The molecule has 1 aromatic heterocycles. The molecule has 0 saturated carbocycles. The predicted molar refractivity (Wildman–Crippen MR) is 77.1 cm³/mol. The summed E-state index contributed by atoms with van der Waals surface area (Å²) in [6.45, 7) is 1.94. The summed E-state index contributed by atoms with van der Waals surface area (Å²) in [5, 5.41) is 7.81. The lowest BCUT2D eigenvalue weighted by molar-refractivity contribution is 0.0952. The third-order valence-corrected chi connectivity index (χ3v) is 3.23. The largest absolute Gasteiger partial charge is 0.496 e. The minimum atomic E-state index is -0.289. The Morgan fingerprint density at radius 3 is 2.95 bits per heavy atom. The fourth-order valence-electron chi connectivity index (χ4n) is 1.56. The van der Waals surface area contributed by atoms with Gasteiger partial charge in [-0.1, -0.05) is 6.07 Å². The second-order valence-electron chi connectivity index (χ2n) is 3.96. The van der Waals surface area contributed by atoms with Crippen molar-refractivity contribution in [1.29, 1.82) is 0 Å². The quantitative estimate of drug-likeness (QED) is 0.688. The molecule has 2 rings (SSSR count). The number of carbonyl (C=O) groups is 1. The number of thiophene rings is 1. The molecule has 2 aromatic rings. The van der Waals surface area contributed by atoms with Gasteiger partial charge in [0.1, 0.15) is 5.75 Å². The highest BCUT2D eigenvalue weighted by Gasteiger charge is 2.11. The first-order valence-electron chi connectivity index (χ1n) is 5.71. The Labute approximate surface area is 115 Å². The van der Waals surface area contributed by atoms with Crippen LogP contribution in [-0.4, -0.2) is 19.2 Å². The summed E-state index contributed by atoms with van der Waals surface area (Å²) >= 11 is 1.58. The van der Waals surface area contributed by atoms with Crippen LogP contribution in [0.25, 0.3) is 0 Å². The number of rotatable bonds is 4. The first-order chi connectivity index (χ1) is 9.20.